The largest absolute Gasteiger partial charge is 0.462 e. The summed E-state index contributed by atoms with van der Waals surface area (Å²) in [5.41, 5.74) is 2.49. The van der Waals surface area contributed by atoms with Crippen LogP contribution in [0.4, 0.5) is 0 Å². The van der Waals surface area contributed by atoms with E-state index in [0.717, 1.165) is 42.4 Å². The Morgan fingerprint density at radius 1 is 1.16 bits per heavy atom. The highest BCUT2D eigenvalue weighted by molar-refractivity contribution is 5.66. The first-order valence-electron chi connectivity index (χ1n) is 13.7. The van der Waals surface area contributed by atoms with Gasteiger partial charge in [-0.05, 0) is 97.7 Å². The molecule has 0 saturated heterocycles. The average molecular weight is 441 g/mol. The molecule has 0 aromatic heterocycles. The first kappa shape index (κ1) is 24.1. The summed E-state index contributed by atoms with van der Waals surface area (Å²) in [7, 11) is 0. The van der Waals surface area contributed by atoms with Gasteiger partial charge in [-0.25, -0.2) is 0 Å². The summed E-state index contributed by atoms with van der Waals surface area (Å²) >= 11 is 0. The number of fused-ring (bicyclic) bond motifs is 5. The van der Waals surface area contributed by atoms with Gasteiger partial charge in [0.15, 0.2) is 0 Å². The van der Waals surface area contributed by atoms with Crippen LogP contribution in [0.15, 0.2) is 24.3 Å². The van der Waals surface area contributed by atoms with E-state index in [2.05, 4.69) is 46.4 Å². The monoisotopic (exact) mass is 440 g/mol. The molecule has 0 N–H and O–H groups in total. The van der Waals surface area contributed by atoms with Crippen LogP contribution in [0.2, 0.25) is 0 Å². The van der Waals surface area contributed by atoms with Gasteiger partial charge in [0.25, 0.3) is 0 Å². The van der Waals surface area contributed by atoms with Gasteiger partial charge in [0, 0.05) is 13.3 Å². The molecule has 0 radical (unpaired) electrons. The lowest BCUT2D eigenvalue weighted by atomic mass is 9.47. The number of carbonyl (C=O) groups is 1. The molecule has 0 amide bonds. The fraction of sp³-hybridized carbons (Fsp3) is 0.833. The summed E-state index contributed by atoms with van der Waals surface area (Å²) in [6.45, 7) is 15.6. The second-order valence-corrected chi connectivity index (χ2v) is 12.6. The van der Waals surface area contributed by atoms with Crippen molar-refractivity contribution in [3.63, 3.8) is 0 Å². The van der Waals surface area contributed by atoms with Gasteiger partial charge in [-0.15, -0.1) is 6.58 Å². The summed E-state index contributed by atoms with van der Waals surface area (Å²) in [6.07, 6.45) is 19.1. The topological polar surface area (TPSA) is 26.3 Å². The van der Waals surface area contributed by atoms with Crippen LogP contribution in [0.25, 0.3) is 0 Å². The van der Waals surface area contributed by atoms with E-state index in [-0.39, 0.29) is 12.1 Å². The van der Waals surface area contributed by atoms with Crippen LogP contribution in [0, 0.1) is 46.3 Å². The molecular weight excluding hydrogens is 392 g/mol. The number of rotatable bonds is 7. The summed E-state index contributed by atoms with van der Waals surface area (Å²) in [4.78, 5) is 11.5. The Morgan fingerprint density at radius 2 is 1.94 bits per heavy atom. The second kappa shape index (κ2) is 9.30. The first-order valence-corrected chi connectivity index (χ1v) is 13.7. The maximum absolute atomic E-state index is 11.5. The van der Waals surface area contributed by atoms with Gasteiger partial charge >= 0.3 is 5.97 Å². The van der Waals surface area contributed by atoms with Crippen molar-refractivity contribution >= 4 is 5.97 Å². The van der Waals surface area contributed by atoms with Crippen molar-refractivity contribution in [1.29, 1.82) is 0 Å². The van der Waals surface area contributed by atoms with E-state index < -0.39 is 0 Å². The molecule has 0 spiro atoms. The van der Waals surface area contributed by atoms with Gasteiger partial charge in [0.05, 0.1) is 0 Å². The van der Waals surface area contributed by atoms with Crippen LogP contribution in [0.5, 0.6) is 0 Å². The molecule has 180 valence electrons. The van der Waals surface area contributed by atoms with Crippen molar-refractivity contribution in [1.82, 2.24) is 0 Å². The van der Waals surface area contributed by atoms with E-state index in [1.807, 2.05) is 0 Å². The zero-order chi connectivity index (χ0) is 23.1. The minimum atomic E-state index is -0.119. The molecule has 2 nitrogen and oxygen atoms in total. The normalized spacial score (nSPS) is 42.7. The van der Waals surface area contributed by atoms with Gasteiger partial charge < -0.3 is 4.74 Å². The van der Waals surface area contributed by atoms with Gasteiger partial charge in [-0.1, -0.05) is 58.3 Å². The van der Waals surface area contributed by atoms with Crippen LogP contribution in [0.1, 0.15) is 105 Å². The van der Waals surface area contributed by atoms with Gasteiger partial charge in [0.1, 0.15) is 6.10 Å². The first-order chi connectivity index (χ1) is 15.2. The average Bonchev–Trinajstić information content (AvgIpc) is 3.10. The molecular formula is C30H48O2. The molecule has 2 heteroatoms. The molecule has 4 aliphatic rings. The molecule has 0 aliphatic heterocycles. The molecule has 0 aromatic carbocycles. The number of hydrogen-bond acceptors (Lipinski definition) is 2. The standard InChI is InChI=1S/C30H48O2/c1-7-20(2)9-8-10-21(3)26-13-14-27-25-12-11-23-19-24(32-22(4)31)15-17-29(23,5)28(25)16-18-30(26,27)6/h7,11,20-21,24-28H,1,8-10,12-19H2,2-6H3/t20?,21-,24+,25+,26-,27+,28+,29+,30-/m1/s1. The molecule has 9 atom stereocenters. The van der Waals surface area contributed by atoms with E-state index in [1.54, 1.807) is 12.5 Å². The lowest BCUT2D eigenvalue weighted by molar-refractivity contribution is -0.148. The number of ether oxygens (including phenoxy) is 1. The van der Waals surface area contributed by atoms with Gasteiger partial charge in [-0.3, -0.25) is 4.79 Å². The predicted octanol–water partition coefficient (Wildman–Crippen LogP) is 8.13. The Hall–Kier alpha value is -1.05. The van der Waals surface area contributed by atoms with Crippen LogP contribution in [-0.4, -0.2) is 12.1 Å². The minimum absolute atomic E-state index is 0.109. The highest BCUT2D eigenvalue weighted by Gasteiger charge is 2.59. The van der Waals surface area contributed by atoms with E-state index >= 15 is 0 Å². The molecule has 32 heavy (non-hydrogen) atoms. The third-order valence-corrected chi connectivity index (χ3v) is 10.9. The van der Waals surface area contributed by atoms with Crippen molar-refractivity contribution in [2.45, 2.75) is 111 Å². The van der Waals surface area contributed by atoms with Gasteiger partial charge in [-0.2, -0.15) is 0 Å². The van der Waals surface area contributed by atoms with Crippen LogP contribution in [0.3, 0.4) is 0 Å². The third kappa shape index (κ3) is 4.25. The number of allylic oxidation sites excluding steroid dienone is 2. The summed E-state index contributed by atoms with van der Waals surface area (Å²) in [6, 6.07) is 0. The minimum Gasteiger partial charge on any atom is -0.462 e. The summed E-state index contributed by atoms with van der Waals surface area (Å²) in [5.74, 6) is 4.90. The Kier molecular flexibility index (Phi) is 7.00. The van der Waals surface area contributed by atoms with Gasteiger partial charge in [0.2, 0.25) is 0 Å². The van der Waals surface area contributed by atoms with Crippen molar-refractivity contribution in [3.8, 4) is 0 Å². The Labute approximate surface area is 197 Å². The molecule has 0 bridgehead atoms. The SMILES string of the molecule is C=CC(C)CCC[C@@H](C)[C@H]1CC[C@H]2[C@@H]3CC=C4C[C@@H](OC(C)=O)CC[C@]4(C)[C@H]3CC[C@]12C. The van der Waals surface area contributed by atoms with Crippen molar-refractivity contribution in [2.75, 3.05) is 0 Å². The maximum Gasteiger partial charge on any atom is 0.302 e. The van der Waals surface area contributed by atoms with Crippen LogP contribution < -0.4 is 0 Å². The molecule has 4 rings (SSSR count). The summed E-state index contributed by atoms with van der Waals surface area (Å²) in [5, 5.41) is 0. The van der Waals surface area contributed by atoms with E-state index in [0.29, 0.717) is 16.7 Å². The smallest absolute Gasteiger partial charge is 0.302 e. The lowest BCUT2D eigenvalue weighted by Gasteiger charge is -2.58. The molecule has 0 aromatic rings. The fourth-order valence-electron chi connectivity index (χ4n) is 9.02. The quantitative estimate of drug-likeness (QED) is 0.295. The Morgan fingerprint density at radius 3 is 2.66 bits per heavy atom. The second-order valence-electron chi connectivity index (χ2n) is 12.6. The van der Waals surface area contributed by atoms with Crippen LogP contribution in [-0.2, 0) is 9.53 Å². The molecule has 3 saturated carbocycles. The highest BCUT2D eigenvalue weighted by atomic mass is 16.5. The number of hydrogen-bond donors (Lipinski definition) is 0. The van der Waals surface area contributed by atoms with E-state index in [1.165, 1.54) is 57.8 Å². The Balaban J connectivity index is 1.45. The van der Waals surface area contributed by atoms with Crippen molar-refractivity contribution in [3.05, 3.63) is 24.3 Å². The van der Waals surface area contributed by atoms with Crippen molar-refractivity contribution in [2.24, 2.45) is 46.3 Å². The Bertz CT molecular complexity index is 737. The van der Waals surface area contributed by atoms with Crippen LogP contribution >= 0.6 is 0 Å². The maximum atomic E-state index is 11.5. The van der Waals surface area contributed by atoms with Crippen molar-refractivity contribution < 1.29 is 9.53 Å². The zero-order valence-electron chi connectivity index (χ0n) is 21.5. The third-order valence-electron chi connectivity index (χ3n) is 10.9. The van der Waals surface area contributed by atoms with E-state index in [9.17, 15) is 4.79 Å². The summed E-state index contributed by atoms with van der Waals surface area (Å²) < 4.78 is 5.62. The lowest BCUT2D eigenvalue weighted by Crippen LogP contribution is -2.51. The zero-order valence-corrected chi connectivity index (χ0v) is 21.5. The highest BCUT2D eigenvalue weighted by Crippen LogP contribution is 2.67. The number of esters is 1. The van der Waals surface area contributed by atoms with E-state index in [4.69, 9.17) is 4.74 Å². The molecule has 0 heterocycles. The fourth-order valence-corrected chi connectivity index (χ4v) is 9.02. The number of carbonyl (C=O) groups excluding carboxylic acids is 1. The molecule has 3 fully saturated rings. The molecule has 1 unspecified atom stereocenters. The molecule has 4 aliphatic carbocycles. The predicted molar refractivity (Wildman–Crippen MR) is 133 cm³/mol.